The molecule has 1 aromatic rings. The normalized spacial score (nSPS) is 17.3. The van der Waals surface area contributed by atoms with Gasteiger partial charge < -0.3 is 11.1 Å². The second-order valence-electron chi connectivity index (χ2n) is 4.91. The van der Waals surface area contributed by atoms with E-state index in [-0.39, 0.29) is 5.91 Å². The zero-order valence-electron chi connectivity index (χ0n) is 10.9. The minimum atomic E-state index is -0.864. The Morgan fingerprint density at radius 3 is 2.79 bits per heavy atom. The maximum absolute atomic E-state index is 12.0. The summed E-state index contributed by atoms with van der Waals surface area (Å²) in [6, 6.07) is 7.07. The molecule has 0 saturated heterocycles. The highest BCUT2D eigenvalue weighted by Gasteiger charge is 2.21. The first kappa shape index (κ1) is 14.1. The van der Waals surface area contributed by atoms with Gasteiger partial charge in [0, 0.05) is 39.6 Å². The first-order chi connectivity index (χ1) is 9.15. The second-order valence-corrected chi connectivity index (χ2v) is 6.75. The van der Waals surface area contributed by atoms with Crippen LogP contribution >= 0.6 is 0 Å². The lowest BCUT2D eigenvalue weighted by Crippen LogP contribution is -2.19. The van der Waals surface area contributed by atoms with Crippen LogP contribution in [-0.4, -0.2) is 21.1 Å². The number of rotatable bonds is 5. The maximum atomic E-state index is 12.0. The summed E-state index contributed by atoms with van der Waals surface area (Å²) >= 11 is 0. The molecular formula is C14H20N2O2S. The van der Waals surface area contributed by atoms with Gasteiger partial charge in [-0.3, -0.25) is 9.00 Å². The Morgan fingerprint density at radius 1 is 1.37 bits per heavy atom. The first-order valence-electron chi connectivity index (χ1n) is 6.68. The van der Waals surface area contributed by atoms with Crippen molar-refractivity contribution < 1.29 is 9.00 Å². The monoisotopic (exact) mass is 280 g/mol. The van der Waals surface area contributed by atoms with Gasteiger partial charge in [-0.2, -0.15) is 0 Å². The van der Waals surface area contributed by atoms with Crippen molar-refractivity contribution in [1.29, 1.82) is 0 Å². The van der Waals surface area contributed by atoms with E-state index in [0.717, 1.165) is 12.8 Å². The topological polar surface area (TPSA) is 72.2 Å². The number of nitrogen functional groups attached to an aromatic ring is 1. The van der Waals surface area contributed by atoms with E-state index < -0.39 is 10.8 Å². The van der Waals surface area contributed by atoms with Crippen LogP contribution in [0.15, 0.2) is 24.3 Å². The molecule has 1 aliphatic carbocycles. The molecule has 19 heavy (non-hydrogen) atoms. The second kappa shape index (κ2) is 6.70. The number of carbonyl (C=O) groups excluding carboxylic acids is 1. The molecule has 0 aliphatic heterocycles. The fourth-order valence-corrected chi connectivity index (χ4v) is 3.93. The van der Waals surface area contributed by atoms with E-state index >= 15 is 0 Å². The Labute approximate surface area is 116 Å². The number of anilines is 2. The van der Waals surface area contributed by atoms with Gasteiger partial charge in [-0.15, -0.1) is 0 Å². The molecule has 1 fully saturated rings. The van der Waals surface area contributed by atoms with Crippen LogP contribution in [0.3, 0.4) is 0 Å². The number of hydrogen-bond acceptors (Lipinski definition) is 3. The summed E-state index contributed by atoms with van der Waals surface area (Å²) in [6.07, 6.45) is 4.74. The molecule has 0 spiro atoms. The third-order valence-electron chi connectivity index (χ3n) is 3.37. The smallest absolute Gasteiger partial charge is 0.225 e. The molecule has 1 amide bonds. The molecule has 1 aliphatic rings. The molecule has 5 heteroatoms. The Kier molecular flexibility index (Phi) is 4.96. The summed E-state index contributed by atoms with van der Waals surface area (Å²) in [5, 5.41) is 3.08. The molecular weight excluding hydrogens is 260 g/mol. The molecule has 2 rings (SSSR count). The Morgan fingerprint density at radius 2 is 2.11 bits per heavy atom. The largest absolute Gasteiger partial charge is 0.399 e. The fraction of sp³-hybridized carbons (Fsp3) is 0.500. The predicted octanol–water partition coefficient (Wildman–Crippen LogP) is 2.29. The highest BCUT2D eigenvalue weighted by atomic mass is 32.2. The third kappa shape index (κ3) is 4.35. The van der Waals surface area contributed by atoms with Crippen molar-refractivity contribution in [3.8, 4) is 0 Å². The fourth-order valence-electron chi connectivity index (χ4n) is 2.35. The molecule has 104 valence electrons. The zero-order valence-corrected chi connectivity index (χ0v) is 11.7. The van der Waals surface area contributed by atoms with Crippen LogP contribution in [0.4, 0.5) is 11.4 Å². The quantitative estimate of drug-likeness (QED) is 0.813. The summed E-state index contributed by atoms with van der Waals surface area (Å²) < 4.78 is 12.0. The first-order valence-corrected chi connectivity index (χ1v) is 8.06. The van der Waals surface area contributed by atoms with Gasteiger partial charge in [-0.05, 0) is 31.0 Å². The molecule has 0 bridgehead atoms. The van der Waals surface area contributed by atoms with Gasteiger partial charge in [0.15, 0.2) is 0 Å². The van der Waals surface area contributed by atoms with Gasteiger partial charge in [0.2, 0.25) is 5.91 Å². The molecule has 0 aromatic heterocycles. The summed E-state index contributed by atoms with van der Waals surface area (Å²) in [5.41, 5.74) is 6.95. The predicted molar refractivity (Wildman–Crippen MR) is 79.4 cm³/mol. The standard InChI is InChI=1S/C14H20N2O2S/c15-11-4-3-5-12(10-11)16-14(17)8-9-19(18)13-6-1-2-7-13/h3-5,10,13H,1-2,6-9,15H2,(H,16,17). The van der Waals surface area contributed by atoms with Crippen molar-refractivity contribution in [2.75, 3.05) is 16.8 Å². The van der Waals surface area contributed by atoms with Gasteiger partial charge in [0.25, 0.3) is 0 Å². The van der Waals surface area contributed by atoms with E-state index in [1.807, 2.05) is 0 Å². The average Bonchev–Trinajstić information content (AvgIpc) is 2.90. The van der Waals surface area contributed by atoms with Gasteiger partial charge in [-0.1, -0.05) is 18.9 Å². The molecule has 1 atom stereocenters. The molecule has 1 unspecified atom stereocenters. The summed E-state index contributed by atoms with van der Waals surface area (Å²) in [7, 11) is -0.864. The summed E-state index contributed by atoms with van der Waals surface area (Å²) in [6.45, 7) is 0. The lowest BCUT2D eigenvalue weighted by Gasteiger charge is -2.09. The zero-order chi connectivity index (χ0) is 13.7. The lowest BCUT2D eigenvalue weighted by molar-refractivity contribution is -0.115. The van der Waals surface area contributed by atoms with Gasteiger partial charge in [-0.25, -0.2) is 0 Å². The molecule has 1 aromatic carbocycles. The van der Waals surface area contributed by atoms with E-state index in [2.05, 4.69) is 5.32 Å². The lowest BCUT2D eigenvalue weighted by atomic mass is 10.3. The highest BCUT2D eigenvalue weighted by molar-refractivity contribution is 7.85. The van der Waals surface area contributed by atoms with Crippen molar-refractivity contribution in [2.24, 2.45) is 0 Å². The van der Waals surface area contributed by atoms with Crippen LogP contribution in [0.5, 0.6) is 0 Å². The highest BCUT2D eigenvalue weighted by Crippen LogP contribution is 2.23. The van der Waals surface area contributed by atoms with E-state index in [9.17, 15) is 9.00 Å². The number of nitrogens with two attached hydrogens (primary N) is 1. The minimum Gasteiger partial charge on any atom is -0.399 e. The number of nitrogens with one attached hydrogen (secondary N) is 1. The summed E-state index contributed by atoms with van der Waals surface area (Å²) in [5.74, 6) is 0.357. The van der Waals surface area contributed by atoms with E-state index in [0.29, 0.717) is 28.8 Å². The van der Waals surface area contributed by atoms with Crippen molar-refractivity contribution in [1.82, 2.24) is 0 Å². The van der Waals surface area contributed by atoms with Crippen LogP contribution in [-0.2, 0) is 15.6 Å². The van der Waals surface area contributed by atoms with Crippen molar-refractivity contribution in [3.63, 3.8) is 0 Å². The number of amides is 1. The van der Waals surface area contributed by atoms with Crippen molar-refractivity contribution in [3.05, 3.63) is 24.3 Å². The SMILES string of the molecule is Nc1cccc(NC(=O)CCS(=O)C2CCCC2)c1. The molecule has 0 radical (unpaired) electrons. The Hall–Kier alpha value is -1.36. The van der Waals surface area contributed by atoms with Crippen LogP contribution in [0, 0.1) is 0 Å². The number of benzene rings is 1. The van der Waals surface area contributed by atoms with E-state index in [4.69, 9.17) is 5.73 Å². The van der Waals surface area contributed by atoms with Gasteiger partial charge in [0.05, 0.1) is 0 Å². The molecule has 1 saturated carbocycles. The van der Waals surface area contributed by atoms with Crippen LogP contribution in [0.2, 0.25) is 0 Å². The molecule has 3 N–H and O–H groups in total. The maximum Gasteiger partial charge on any atom is 0.225 e. The molecule has 4 nitrogen and oxygen atoms in total. The van der Waals surface area contributed by atoms with Crippen LogP contribution in [0.25, 0.3) is 0 Å². The Balaban J connectivity index is 1.76. The van der Waals surface area contributed by atoms with Crippen molar-refractivity contribution in [2.45, 2.75) is 37.4 Å². The van der Waals surface area contributed by atoms with Crippen LogP contribution in [0.1, 0.15) is 32.1 Å². The summed E-state index contributed by atoms with van der Waals surface area (Å²) in [4.78, 5) is 11.8. The van der Waals surface area contributed by atoms with Gasteiger partial charge in [0.1, 0.15) is 0 Å². The van der Waals surface area contributed by atoms with E-state index in [1.54, 1.807) is 24.3 Å². The number of hydrogen-bond donors (Lipinski definition) is 2. The van der Waals surface area contributed by atoms with Crippen molar-refractivity contribution >= 4 is 28.1 Å². The number of carbonyl (C=O) groups is 1. The Bertz CT molecular complexity index is 470. The van der Waals surface area contributed by atoms with Gasteiger partial charge >= 0.3 is 0 Å². The third-order valence-corrected chi connectivity index (χ3v) is 5.20. The molecule has 0 heterocycles. The average molecular weight is 280 g/mol. The van der Waals surface area contributed by atoms with E-state index in [1.165, 1.54) is 12.8 Å². The minimum absolute atomic E-state index is 0.100. The van der Waals surface area contributed by atoms with Crippen LogP contribution < -0.4 is 11.1 Å².